The third-order valence-electron chi connectivity index (χ3n) is 5.38. The molecule has 0 spiro atoms. The summed E-state index contributed by atoms with van der Waals surface area (Å²) in [4.78, 5) is 25.4. The topological polar surface area (TPSA) is 88.9 Å². The van der Waals surface area contributed by atoms with E-state index in [-0.39, 0.29) is 29.5 Å². The summed E-state index contributed by atoms with van der Waals surface area (Å²) in [5.41, 5.74) is 3.51. The number of hydrogen-bond donors (Lipinski definition) is 2. The van der Waals surface area contributed by atoms with E-state index < -0.39 is 0 Å². The summed E-state index contributed by atoms with van der Waals surface area (Å²) in [6, 6.07) is 12.9. The van der Waals surface area contributed by atoms with Crippen molar-refractivity contribution in [3.8, 4) is 0 Å². The molecule has 2 aromatic carbocycles. The second-order valence-corrected chi connectivity index (χ2v) is 10.2. The molecule has 34 heavy (non-hydrogen) atoms. The summed E-state index contributed by atoms with van der Waals surface area (Å²) in [5.74, 6) is 0.722. The van der Waals surface area contributed by atoms with E-state index in [1.54, 1.807) is 0 Å². The number of aryl methyl sites for hydroxylation is 2. The fourth-order valence-corrected chi connectivity index (χ4v) is 4.50. The van der Waals surface area contributed by atoms with Crippen molar-refractivity contribution >= 4 is 45.2 Å². The number of benzene rings is 2. The number of carbonyl (C=O) groups excluding carboxylic acids is 2. The fraction of sp³-hybridized carbons (Fsp3) is 0.360. The molecular weight excluding hydrogens is 514 g/mol. The molecule has 1 atom stereocenters. The van der Waals surface area contributed by atoms with Crippen LogP contribution in [-0.2, 0) is 11.3 Å². The molecule has 3 aromatic rings. The summed E-state index contributed by atoms with van der Waals surface area (Å²) in [6.07, 6.45) is 0. The van der Waals surface area contributed by atoms with Gasteiger partial charge in [-0.05, 0) is 62.6 Å². The number of carbonyl (C=O) groups is 2. The van der Waals surface area contributed by atoms with E-state index in [0.717, 1.165) is 21.3 Å². The van der Waals surface area contributed by atoms with Crippen LogP contribution in [0.3, 0.4) is 0 Å². The first-order valence-corrected chi connectivity index (χ1v) is 13.0. The molecule has 0 bridgehead atoms. The summed E-state index contributed by atoms with van der Waals surface area (Å²) in [5, 5.41) is 15.4. The number of aromatic nitrogens is 3. The number of anilines is 1. The predicted octanol–water partition coefficient (Wildman–Crippen LogP) is 5.54. The van der Waals surface area contributed by atoms with Gasteiger partial charge in [-0.1, -0.05) is 59.2 Å². The SMILES string of the molecule is CCn1c(SCC(=O)Nc2ccc(Br)c(C)c2)nnc1[C@@H](NC(=O)c1ccc(C)cc1)C(C)C. The number of hydrogen-bond acceptors (Lipinski definition) is 5. The van der Waals surface area contributed by atoms with Crippen molar-refractivity contribution < 1.29 is 9.59 Å². The maximum atomic E-state index is 12.9. The molecule has 2 amide bonds. The summed E-state index contributed by atoms with van der Waals surface area (Å²) < 4.78 is 2.96. The van der Waals surface area contributed by atoms with Gasteiger partial charge in [-0.25, -0.2) is 0 Å². The second kappa shape index (κ2) is 11.7. The lowest BCUT2D eigenvalue weighted by Gasteiger charge is -2.22. The molecule has 1 aromatic heterocycles. The molecule has 1 heterocycles. The van der Waals surface area contributed by atoms with Crippen LogP contribution in [0, 0.1) is 19.8 Å². The van der Waals surface area contributed by atoms with E-state index in [4.69, 9.17) is 0 Å². The highest BCUT2D eigenvalue weighted by molar-refractivity contribution is 9.10. The highest BCUT2D eigenvalue weighted by Gasteiger charge is 2.26. The Morgan fingerprint density at radius 2 is 1.79 bits per heavy atom. The average Bonchev–Trinajstić information content (AvgIpc) is 3.21. The third kappa shape index (κ3) is 6.48. The van der Waals surface area contributed by atoms with Gasteiger partial charge in [0.05, 0.1) is 11.8 Å². The van der Waals surface area contributed by atoms with Crippen molar-refractivity contribution in [3.63, 3.8) is 0 Å². The minimum absolute atomic E-state index is 0.102. The highest BCUT2D eigenvalue weighted by Crippen LogP contribution is 2.26. The van der Waals surface area contributed by atoms with Crippen LogP contribution in [0.2, 0.25) is 0 Å². The Bertz CT molecular complexity index is 1160. The van der Waals surface area contributed by atoms with E-state index in [0.29, 0.717) is 23.1 Å². The summed E-state index contributed by atoms with van der Waals surface area (Å²) in [7, 11) is 0. The Kier molecular flexibility index (Phi) is 8.90. The lowest BCUT2D eigenvalue weighted by Crippen LogP contribution is -2.33. The van der Waals surface area contributed by atoms with Gasteiger partial charge >= 0.3 is 0 Å². The maximum Gasteiger partial charge on any atom is 0.251 e. The fourth-order valence-electron chi connectivity index (χ4n) is 3.44. The normalized spacial score (nSPS) is 12.0. The number of thioether (sulfide) groups is 1. The van der Waals surface area contributed by atoms with Crippen molar-refractivity contribution in [2.45, 2.75) is 52.4 Å². The van der Waals surface area contributed by atoms with Gasteiger partial charge in [0.15, 0.2) is 11.0 Å². The van der Waals surface area contributed by atoms with Crippen LogP contribution in [0.1, 0.15) is 54.1 Å². The number of nitrogens with zero attached hydrogens (tertiary/aromatic N) is 3. The van der Waals surface area contributed by atoms with Gasteiger partial charge < -0.3 is 15.2 Å². The quantitative estimate of drug-likeness (QED) is 0.346. The van der Waals surface area contributed by atoms with Gasteiger partial charge in [-0.15, -0.1) is 10.2 Å². The Morgan fingerprint density at radius 3 is 2.41 bits per heavy atom. The molecule has 180 valence electrons. The second-order valence-electron chi connectivity index (χ2n) is 8.45. The molecule has 0 aliphatic heterocycles. The van der Waals surface area contributed by atoms with Gasteiger partial charge in [-0.3, -0.25) is 9.59 Å². The summed E-state index contributed by atoms with van der Waals surface area (Å²) >= 11 is 4.80. The monoisotopic (exact) mass is 543 g/mol. The minimum atomic E-state index is -0.310. The van der Waals surface area contributed by atoms with Crippen LogP contribution >= 0.6 is 27.7 Å². The van der Waals surface area contributed by atoms with Crippen LogP contribution < -0.4 is 10.6 Å². The Labute approximate surface area is 213 Å². The Balaban J connectivity index is 1.70. The predicted molar refractivity (Wildman–Crippen MR) is 140 cm³/mol. The molecule has 3 rings (SSSR count). The number of halogens is 1. The van der Waals surface area contributed by atoms with E-state index in [9.17, 15) is 9.59 Å². The van der Waals surface area contributed by atoms with Crippen LogP contribution in [0.25, 0.3) is 0 Å². The zero-order valence-electron chi connectivity index (χ0n) is 20.1. The van der Waals surface area contributed by atoms with Gasteiger partial charge in [0.1, 0.15) is 0 Å². The lowest BCUT2D eigenvalue weighted by molar-refractivity contribution is -0.113. The highest BCUT2D eigenvalue weighted by atomic mass is 79.9. The van der Waals surface area contributed by atoms with Gasteiger partial charge in [-0.2, -0.15) is 0 Å². The summed E-state index contributed by atoms with van der Waals surface area (Å²) in [6.45, 7) is 10.7. The largest absolute Gasteiger partial charge is 0.342 e. The molecule has 0 fully saturated rings. The third-order valence-corrected chi connectivity index (χ3v) is 7.24. The maximum absolute atomic E-state index is 12.9. The zero-order valence-corrected chi connectivity index (χ0v) is 22.5. The molecule has 0 radical (unpaired) electrons. The van der Waals surface area contributed by atoms with Crippen molar-refractivity contribution in [3.05, 3.63) is 69.5 Å². The van der Waals surface area contributed by atoms with E-state index in [1.807, 2.05) is 81.7 Å². The molecular formula is C25H30BrN5O2S. The van der Waals surface area contributed by atoms with E-state index >= 15 is 0 Å². The lowest BCUT2D eigenvalue weighted by atomic mass is 10.0. The molecule has 0 aliphatic rings. The van der Waals surface area contributed by atoms with Crippen LogP contribution in [0.15, 0.2) is 52.1 Å². The van der Waals surface area contributed by atoms with Crippen molar-refractivity contribution in [2.24, 2.45) is 5.92 Å². The molecule has 0 saturated heterocycles. The molecule has 0 aliphatic carbocycles. The smallest absolute Gasteiger partial charge is 0.251 e. The average molecular weight is 545 g/mol. The molecule has 0 unspecified atom stereocenters. The van der Waals surface area contributed by atoms with Crippen LogP contribution in [0.4, 0.5) is 5.69 Å². The molecule has 2 N–H and O–H groups in total. The van der Waals surface area contributed by atoms with Gasteiger partial charge in [0.25, 0.3) is 5.91 Å². The molecule has 7 nitrogen and oxygen atoms in total. The van der Waals surface area contributed by atoms with E-state index in [2.05, 4.69) is 36.8 Å². The Morgan fingerprint density at radius 1 is 1.09 bits per heavy atom. The van der Waals surface area contributed by atoms with Crippen molar-refractivity contribution in [1.29, 1.82) is 0 Å². The van der Waals surface area contributed by atoms with Crippen molar-refractivity contribution in [2.75, 3.05) is 11.1 Å². The zero-order chi connectivity index (χ0) is 24.8. The van der Waals surface area contributed by atoms with E-state index in [1.165, 1.54) is 11.8 Å². The standard InChI is InChI=1S/C25H30BrN5O2S/c1-6-31-23(22(15(2)3)28-24(33)18-9-7-16(4)8-10-18)29-30-25(31)34-14-21(32)27-19-11-12-20(26)17(5)13-19/h7-13,15,22H,6,14H2,1-5H3,(H,27,32)(H,28,33)/t22-/m0/s1. The first kappa shape index (κ1) is 26.0. The molecule has 9 heteroatoms. The first-order valence-electron chi connectivity index (χ1n) is 11.2. The number of nitrogens with one attached hydrogen (secondary N) is 2. The number of rotatable bonds is 9. The van der Waals surface area contributed by atoms with Gasteiger partial charge in [0.2, 0.25) is 5.91 Å². The van der Waals surface area contributed by atoms with Crippen LogP contribution in [0.5, 0.6) is 0 Å². The first-order chi connectivity index (χ1) is 16.2. The van der Waals surface area contributed by atoms with Crippen LogP contribution in [-0.4, -0.2) is 32.3 Å². The Hall–Kier alpha value is -2.65. The molecule has 0 saturated carbocycles. The number of amides is 2. The van der Waals surface area contributed by atoms with Crippen molar-refractivity contribution in [1.82, 2.24) is 20.1 Å². The minimum Gasteiger partial charge on any atom is -0.342 e. The van der Waals surface area contributed by atoms with Gasteiger partial charge in [0, 0.05) is 22.3 Å².